The van der Waals surface area contributed by atoms with Gasteiger partial charge in [0, 0.05) is 16.7 Å². The number of aryl methyl sites for hydroxylation is 2. The maximum absolute atomic E-state index is 13.3. The molecule has 0 saturated heterocycles. The van der Waals surface area contributed by atoms with Crippen molar-refractivity contribution in [2.45, 2.75) is 25.4 Å². The number of hydrogen-bond acceptors (Lipinski definition) is 6. The van der Waals surface area contributed by atoms with Crippen molar-refractivity contribution in [1.82, 2.24) is 9.55 Å². The molecule has 25 heavy (non-hydrogen) atoms. The summed E-state index contributed by atoms with van der Waals surface area (Å²) in [6.07, 6.45) is 0.880. The Labute approximate surface area is 154 Å². The number of ether oxygens (including phenoxy) is 1. The molecule has 0 atom stereocenters. The lowest BCUT2D eigenvalue weighted by molar-refractivity contribution is 0.322. The minimum atomic E-state index is -0.0767. The van der Waals surface area contributed by atoms with Crippen LogP contribution in [0, 0.1) is 6.92 Å². The van der Waals surface area contributed by atoms with E-state index in [0.717, 1.165) is 16.8 Å². The molecule has 0 radical (unpaired) electrons. The van der Waals surface area contributed by atoms with E-state index >= 15 is 0 Å². The molecule has 3 aromatic rings. The molecule has 0 amide bonds. The molecular weight excluding hydrogens is 356 g/mol. The van der Waals surface area contributed by atoms with Gasteiger partial charge in [0.25, 0.3) is 5.56 Å². The van der Waals surface area contributed by atoms with Crippen molar-refractivity contribution in [3.05, 3.63) is 45.1 Å². The van der Waals surface area contributed by atoms with E-state index in [-0.39, 0.29) is 12.2 Å². The summed E-state index contributed by atoms with van der Waals surface area (Å²) in [5.41, 5.74) is 1.64. The van der Waals surface area contributed by atoms with Crippen LogP contribution < -0.4 is 10.3 Å². The molecule has 7 heteroatoms. The SMILES string of the molecule is CCc1sc2nc(SCCO)n(-c3cccc(OC)c3)c(=O)c2c1C. The predicted molar refractivity (Wildman–Crippen MR) is 104 cm³/mol. The van der Waals surface area contributed by atoms with Crippen LogP contribution in [0.5, 0.6) is 5.75 Å². The van der Waals surface area contributed by atoms with Crippen molar-refractivity contribution in [2.75, 3.05) is 19.5 Å². The maximum Gasteiger partial charge on any atom is 0.267 e. The average Bonchev–Trinajstić information content (AvgIpc) is 2.96. The number of rotatable bonds is 6. The van der Waals surface area contributed by atoms with Gasteiger partial charge < -0.3 is 9.84 Å². The fourth-order valence-electron chi connectivity index (χ4n) is 2.76. The Morgan fingerprint density at radius 2 is 2.20 bits per heavy atom. The first kappa shape index (κ1) is 18.0. The first-order valence-corrected chi connectivity index (χ1v) is 9.84. The number of thiophene rings is 1. The number of aliphatic hydroxyl groups excluding tert-OH is 1. The zero-order valence-electron chi connectivity index (χ0n) is 14.4. The molecule has 0 aliphatic heterocycles. The monoisotopic (exact) mass is 376 g/mol. The van der Waals surface area contributed by atoms with Crippen molar-refractivity contribution >= 4 is 33.3 Å². The number of aliphatic hydroxyl groups is 1. The highest BCUT2D eigenvalue weighted by Gasteiger charge is 2.18. The Hall–Kier alpha value is -1.83. The summed E-state index contributed by atoms with van der Waals surface area (Å²) in [6, 6.07) is 7.37. The molecule has 1 aromatic carbocycles. The third-order valence-corrected chi connectivity index (χ3v) is 6.24. The number of methoxy groups -OCH3 is 1. The lowest BCUT2D eigenvalue weighted by Gasteiger charge is -2.12. The number of thioether (sulfide) groups is 1. The molecule has 0 bridgehead atoms. The highest BCUT2D eigenvalue weighted by atomic mass is 32.2. The van der Waals surface area contributed by atoms with Gasteiger partial charge in [0.2, 0.25) is 0 Å². The van der Waals surface area contributed by atoms with E-state index < -0.39 is 0 Å². The van der Waals surface area contributed by atoms with Crippen LogP contribution in [0.25, 0.3) is 15.9 Å². The number of nitrogens with zero attached hydrogens (tertiary/aromatic N) is 2. The van der Waals surface area contributed by atoms with Gasteiger partial charge in [-0.25, -0.2) is 4.98 Å². The summed E-state index contributed by atoms with van der Waals surface area (Å²) in [6.45, 7) is 4.09. The van der Waals surface area contributed by atoms with Crippen LogP contribution in [0.15, 0.2) is 34.2 Å². The Balaban J connectivity index is 2.31. The molecule has 0 spiro atoms. The highest BCUT2D eigenvalue weighted by molar-refractivity contribution is 7.99. The van der Waals surface area contributed by atoms with Crippen LogP contribution in [-0.4, -0.2) is 34.1 Å². The summed E-state index contributed by atoms with van der Waals surface area (Å²) in [4.78, 5) is 19.9. The van der Waals surface area contributed by atoms with Gasteiger partial charge in [-0.1, -0.05) is 24.8 Å². The van der Waals surface area contributed by atoms with Crippen LogP contribution in [0.2, 0.25) is 0 Å². The van der Waals surface area contributed by atoms with Crippen molar-refractivity contribution in [2.24, 2.45) is 0 Å². The van der Waals surface area contributed by atoms with Gasteiger partial charge in [0.1, 0.15) is 10.6 Å². The molecule has 0 aliphatic carbocycles. The van der Waals surface area contributed by atoms with Gasteiger partial charge in [-0.3, -0.25) is 9.36 Å². The van der Waals surface area contributed by atoms with Crippen molar-refractivity contribution in [3.8, 4) is 11.4 Å². The molecule has 0 unspecified atom stereocenters. The molecule has 0 saturated carbocycles. The third kappa shape index (κ3) is 3.31. The van der Waals surface area contributed by atoms with Gasteiger partial charge in [0.15, 0.2) is 5.16 Å². The zero-order chi connectivity index (χ0) is 18.0. The summed E-state index contributed by atoms with van der Waals surface area (Å²) in [5.74, 6) is 1.16. The largest absolute Gasteiger partial charge is 0.497 e. The summed E-state index contributed by atoms with van der Waals surface area (Å²) in [7, 11) is 1.60. The van der Waals surface area contributed by atoms with E-state index in [2.05, 4.69) is 6.92 Å². The number of benzene rings is 1. The Morgan fingerprint density at radius 3 is 2.88 bits per heavy atom. The second kappa shape index (κ2) is 7.59. The minimum absolute atomic E-state index is 0.0281. The molecule has 0 fully saturated rings. The zero-order valence-corrected chi connectivity index (χ0v) is 16.0. The second-order valence-electron chi connectivity index (χ2n) is 5.49. The summed E-state index contributed by atoms with van der Waals surface area (Å²) < 4.78 is 6.90. The predicted octanol–water partition coefficient (Wildman–Crippen LogP) is 3.41. The van der Waals surface area contributed by atoms with Crippen LogP contribution in [0.4, 0.5) is 0 Å². The van der Waals surface area contributed by atoms with Crippen LogP contribution >= 0.6 is 23.1 Å². The van der Waals surface area contributed by atoms with E-state index in [0.29, 0.717) is 27.7 Å². The molecule has 1 N–H and O–H groups in total. The van der Waals surface area contributed by atoms with E-state index in [1.165, 1.54) is 16.6 Å². The third-order valence-electron chi connectivity index (χ3n) is 3.99. The normalized spacial score (nSPS) is 11.2. The average molecular weight is 377 g/mol. The Morgan fingerprint density at radius 1 is 1.40 bits per heavy atom. The molecule has 2 aromatic heterocycles. The van der Waals surface area contributed by atoms with Crippen LogP contribution in [-0.2, 0) is 6.42 Å². The quantitative estimate of drug-likeness (QED) is 0.528. The smallest absolute Gasteiger partial charge is 0.267 e. The van der Waals surface area contributed by atoms with E-state index in [9.17, 15) is 9.90 Å². The second-order valence-corrected chi connectivity index (χ2v) is 7.64. The fraction of sp³-hybridized carbons (Fsp3) is 0.333. The Kier molecular flexibility index (Phi) is 5.46. The van der Waals surface area contributed by atoms with Crippen molar-refractivity contribution in [3.63, 3.8) is 0 Å². The lowest BCUT2D eigenvalue weighted by atomic mass is 10.2. The van der Waals surface area contributed by atoms with Gasteiger partial charge in [-0.15, -0.1) is 11.3 Å². The maximum atomic E-state index is 13.3. The fourth-order valence-corrected chi connectivity index (χ4v) is 4.67. The highest BCUT2D eigenvalue weighted by Crippen LogP contribution is 2.30. The molecular formula is C18H20N2O3S2. The molecule has 0 aliphatic rings. The van der Waals surface area contributed by atoms with Gasteiger partial charge in [0.05, 0.1) is 24.8 Å². The van der Waals surface area contributed by atoms with Crippen molar-refractivity contribution < 1.29 is 9.84 Å². The first-order valence-electron chi connectivity index (χ1n) is 8.03. The van der Waals surface area contributed by atoms with E-state index in [4.69, 9.17) is 9.72 Å². The van der Waals surface area contributed by atoms with Crippen molar-refractivity contribution in [1.29, 1.82) is 0 Å². The molecule has 3 rings (SSSR count). The lowest BCUT2D eigenvalue weighted by Crippen LogP contribution is -2.22. The summed E-state index contributed by atoms with van der Waals surface area (Å²) in [5, 5.41) is 10.5. The number of fused-ring (bicyclic) bond motifs is 1. The van der Waals surface area contributed by atoms with Gasteiger partial charge in [-0.2, -0.15) is 0 Å². The number of hydrogen-bond donors (Lipinski definition) is 1. The summed E-state index contributed by atoms with van der Waals surface area (Å²) >= 11 is 2.95. The van der Waals surface area contributed by atoms with E-state index in [1.807, 2.05) is 31.2 Å². The first-order chi connectivity index (χ1) is 12.1. The Bertz CT molecular complexity index is 963. The molecule has 132 valence electrons. The number of aromatic nitrogens is 2. The minimum Gasteiger partial charge on any atom is -0.497 e. The van der Waals surface area contributed by atoms with Gasteiger partial charge >= 0.3 is 0 Å². The topological polar surface area (TPSA) is 64.3 Å². The van der Waals surface area contributed by atoms with Crippen LogP contribution in [0.3, 0.4) is 0 Å². The van der Waals surface area contributed by atoms with Crippen LogP contribution in [0.1, 0.15) is 17.4 Å². The standard InChI is InChI=1S/C18H20N2O3S2/c1-4-14-11(2)15-16(25-14)19-18(24-9-8-21)20(17(15)22)12-6-5-7-13(10-12)23-3/h5-7,10,21H,4,8-9H2,1-3H3. The molecule has 2 heterocycles. The van der Waals surface area contributed by atoms with Gasteiger partial charge in [-0.05, 0) is 31.0 Å². The molecule has 5 nitrogen and oxygen atoms in total. The van der Waals surface area contributed by atoms with E-state index in [1.54, 1.807) is 23.0 Å².